The zero-order chi connectivity index (χ0) is 21.3. The van der Waals surface area contributed by atoms with Crippen LogP contribution in [0.2, 0.25) is 0 Å². The van der Waals surface area contributed by atoms with Crippen molar-refractivity contribution in [2.24, 2.45) is 11.8 Å². The molecule has 0 amide bonds. The molecule has 0 N–H and O–H groups in total. The third-order valence-electron chi connectivity index (χ3n) is 2.01. The van der Waals surface area contributed by atoms with Crippen molar-refractivity contribution in [2.45, 2.75) is 75.7 Å². The highest BCUT2D eigenvalue weighted by Gasteiger charge is 2.02. The van der Waals surface area contributed by atoms with Crippen molar-refractivity contribution in [3.05, 3.63) is 24.3 Å². The summed E-state index contributed by atoms with van der Waals surface area (Å²) in [5.41, 5.74) is 0.625. The third-order valence-corrected chi connectivity index (χ3v) is 2.01. The van der Waals surface area contributed by atoms with Crippen molar-refractivity contribution in [1.82, 2.24) is 4.90 Å². The van der Waals surface area contributed by atoms with Gasteiger partial charge in [-0.3, -0.25) is 0 Å². The van der Waals surface area contributed by atoms with E-state index in [1.807, 2.05) is 19.9 Å². The number of terminal acetylenes is 1. The average Bonchev–Trinajstić information content (AvgIpc) is 2.51. The van der Waals surface area contributed by atoms with Crippen molar-refractivity contribution >= 4 is 0 Å². The summed E-state index contributed by atoms with van der Waals surface area (Å²) in [6.07, 6.45) is 9.09. The van der Waals surface area contributed by atoms with Crippen LogP contribution < -0.4 is 0 Å². The van der Waals surface area contributed by atoms with E-state index in [9.17, 15) is 0 Å². The Labute approximate surface area is 161 Å². The molecule has 0 saturated heterocycles. The average molecular weight is 351 g/mol. The van der Waals surface area contributed by atoms with E-state index in [0.717, 1.165) is 11.8 Å². The second-order valence-electron chi connectivity index (χ2n) is 6.06. The van der Waals surface area contributed by atoms with Crippen LogP contribution in [0.1, 0.15) is 75.7 Å². The zero-order valence-electron chi connectivity index (χ0n) is 19.1. The van der Waals surface area contributed by atoms with Gasteiger partial charge in [-0.15, -0.1) is 12.3 Å². The molecule has 0 aliphatic heterocycles. The maximum atomic E-state index is 8.14. The molecule has 2 nitrogen and oxygen atoms in total. The fourth-order valence-corrected chi connectivity index (χ4v) is 1.55. The molecule has 0 saturated carbocycles. The number of nitriles is 1. The fourth-order valence-electron chi connectivity index (χ4n) is 1.55. The summed E-state index contributed by atoms with van der Waals surface area (Å²) in [5, 5.41) is 8.14. The SMILES string of the molecule is C#CC.C=C/C(C#N)=C\C.CC.CC(C)CN(C)CC(C)C.CCC. The van der Waals surface area contributed by atoms with Crippen molar-refractivity contribution in [3.63, 3.8) is 0 Å². The Morgan fingerprint density at radius 1 is 1.12 bits per heavy atom. The fraction of sp³-hybridized carbons (Fsp3) is 0.696. The van der Waals surface area contributed by atoms with Gasteiger partial charge in [-0.25, -0.2) is 0 Å². The smallest absolute Gasteiger partial charge is 0.0987 e. The summed E-state index contributed by atoms with van der Waals surface area (Å²) in [6, 6.07) is 1.94. The van der Waals surface area contributed by atoms with E-state index < -0.39 is 0 Å². The lowest BCUT2D eigenvalue weighted by atomic mass is 10.1. The standard InChI is InChI=1S/C9H21N.C6H7N.C3H8.C3H4.C2H6/c1-8(2)6-10(5)7-9(3)4;1-3-6(4-2)5-7;2*1-3-2;1-2/h8-9H,6-7H2,1-5H3;3-4H,1H2,2H3;3H2,1-2H3;1H,2H3;1-2H3/b;6-4+;;;. The highest BCUT2D eigenvalue weighted by molar-refractivity contribution is 5.30. The molecule has 0 radical (unpaired) electrons. The molecule has 0 bridgehead atoms. The molecule has 0 heterocycles. The van der Waals surface area contributed by atoms with Gasteiger partial charge in [-0.2, -0.15) is 5.26 Å². The number of nitrogens with zero attached hydrogens (tertiary/aromatic N) is 2. The molecule has 25 heavy (non-hydrogen) atoms. The second kappa shape index (κ2) is 34.0. The largest absolute Gasteiger partial charge is 0.306 e. The van der Waals surface area contributed by atoms with Gasteiger partial charge in [0.1, 0.15) is 0 Å². The van der Waals surface area contributed by atoms with Crippen LogP contribution in [-0.4, -0.2) is 25.0 Å². The van der Waals surface area contributed by atoms with Crippen LogP contribution in [0.25, 0.3) is 0 Å². The van der Waals surface area contributed by atoms with Crippen molar-refractivity contribution < 1.29 is 0 Å². The Hall–Kier alpha value is -1.51. The van der Waals surface area contributed by atoms with Crippen molar-refractivity contribution in [3.8, 4) is 18.4 Å². The molecule has 0 atom stereocenters. The van der Waals surface area contributed by atoms with E-state index in [2.05, 4.69) is 72.4 Å². The third kappa shape index (κ3) is 60.5. The second-order valence-corrected chi connectivity index (χ2v) is 6.06. The number of hydrogen-bond donors (Lipinski definition) is 0. The van der Waals surface area contributed by atoms with E-state index in [0.29, 0.717) is 5.57 Å². The molecule has 2 heteroatoms. The molecule has 0 aromatic heterocycles. The van der Waals surface area contributed by atoms with Gasteiger partial charge < -0.3 is 4.90 Å². The van der Waals surface area contributed by atoms with Crippen LogP contribution in [0, 0.1) is 35.5 Å². The van der Waals surface area contributed by atoms with Gasteiger partial charge in [0.2, 0.25) is 0 Å². The van der Waals surface area contributed by atoms with Gasteiger partial charge >= 0.3 is 0 Å². The number of allylic oxidation sites excluding steroid dienone is 3. The minimum atomic E-state index is 0.625. The topological polar surface area (TPSA) is 27.0 Å². The van der Waals surface area contributed by atoms with E-state index >= 15 is 0 Å². The van der Waals surface area contributed by atoms with E-state index in [-0.39, 0.29) is 0 Å². The molecular formula is C23H46N2. The monoisotopic (exact) mass is 350 g/mol. The predicted molar refractivity (Wildman–Crippen MR) is 119 cm³/mol. The molecule has 0 aliphatic rings. The van der Waals surface area contributed by atoms with Gasteiger partial charge in [0.05, 0.1) is 6.07 Å². The molecular weight excluding hydrogens is 304 g/mol. The molecule has 0 unspecified atom stereocenters. The molecule has 0 rings (SSSR count). The van der Waals surface area contributed by atoms with Crippen LogP contribution in [0.3, 0.4) is 0 Å². The highest BCUT2D eigenvalue weighted by Crippen LogP contribution is 1.99. The van der Waals surface area contributed by atoms with E-state index in [4.69, 9.17) is 5.26 Å². The van der Waals surface area contributed by atoms with E-state index in [1.54, 1.807) is 19.9 Å². The Bertz CT molecular complexity index is 328. The number of hydrogen-bond acceptors (Lipinski definition) is 2. The van der Waals surface area contributed by atoms with E-state index in [1.165, 1.54) is 25.6 Å². The first-order valence-electron chi connectivity index (χ1n) is 9.45. The maximum Gasteiger partial charge on any atom is 0.0987 e. The van der Waals surface area contributed by atoms with Gasteiger partial charge in [-0.05, 0) is 32.7 Å². The lowest BCUT2D eigenvalue weighted by Crippen LogP contribution is -2.27. The first-order valence-corrected chi connectivity index (χ1v) is 9.45. The molecule has 0 aliphatic carbocycles. The lowest BCUT2D eigenvalue weighted by molar-refractivity contribution is 0.265. The Morgan fingerprint density at radius 2 is 1.40 bits per heavy atom. The van der Waals surface area contributed by atoms with Crippen LogP contribution in [0.4, 0.5) is 0 Å². The van der Waals surface area contributed by atoms with Crippen LogP contribution in [0.15, 0.2) is 24.3 Å². The first-order chi connectivity index (χ1) is 11.7. The summed E-state index contributed by atoms with van der Waals surface area (Å²) in [6.45, 7) is 26.6. The van der Waals surface area contributed by atoms with Crippen molar-refractivity contribution in [1.29, 1.82) is 5.26 Å². The first kappa shape index (κ1) is 34.8. The van der Waals surface area contributed by atoms with Gasteiger partial charge in [0, 0.05) is 18.7 Å². The summed E-state index contributed by atoms with van der Waals surface area (Å²) >= 11 is 0. The lowest BCUT2D eigenvalue weighted by Gasteiger charge is -2.20. The molecule has 148 valence electrons. The summed E-state index contributed by atoms with van der Waals surface area (Å²) in [4.78, 5) is 2.40. The van der Waals surface area contributed by atoms with Crippen molar-refractivity contribution in [2.75, 3.05) is 20.1 Å². The summed E-state index contributed by atoms with van der Waals surface area (Å²) in [7, 11) is 2.19. The Balaban J connectivity index is -0.0000000772. The predicted octanol–water partition coefficient (Wildman–Crippen LogP) is 6.95. The quantitative estimate of drug-likeness (QED) is 0.304. The van der Waals surface area contributed by atoms with Crippen LogP contribution in [0.5, 0.6) is 0 Å². The van der Waals surface area contributed by atoms with Crippen LogP contribution >= 0.6 is 0 Å². The maximum absolute atomic E-state index is 8.14. The molecule has 0 fully saturated rings. The highest BCUT2D eigenvalue weighted by atomic mass is 15.1. The summed E-state index contributed by atoms with van der Waals surface area (Å²) < 4.78 is 0. The minimum absolute atomic E-state index is 0.625. The Morgan fingerprint density at radius 3 is 1.48 bits per heavy atom. The molecule has 0 aromatic rings. The molecule has 0 spiro atoms. The van der Waals surface area contributed by atoms with Gasteiger partial charge in [0.25, 0.3) is 0 Å². The Kier molecular flexibility index (Phi) is 47.2. The van der Waals surface area contributed by atoms with Gasteiger partial charge in [-0.1, -0.05) is 80.5 Å². The zero-order valence-corrected chi connectivity index (χ0v) is 19.1. The normalized spacial score (nSPS) is 8.88. The summed E-state index contributed by atoms with van der Waals surface area (Å²) in [5.74, 6) is 3.84. The van der Waals surface area contributed by atoms with Gasteiger partial charge in [0.15, 0.2) is 0 Å². The number of rotatable bonds is 5. The molecule has 0 aromatic carbocycles. The van der Waals surface area contributed by atoms with Crippen LogP contribution in [-0.2, 0) is 0 Å². The minimum Gasteiger partial charge on any atom is -0.306 e.